The number of amides is 1. The molecule has 0 saturated carbocycles. The number of nitrogens with two attached hydrogens (primary N) is 1. The average molecular weight is 159 g/mol. The molecule has 0 fully saturated rings. The molecular weight excluding hydrogens is 142 g/mol. The number of hydrogen-bond donors (Lipinski definition) is 2. The molecule has 0 rings (SSSR count). The predicted octanol–water partition coefficient (Wildman–Crippen LogP) is 0.659. The number of primary amides is 1. The molecule has 0 aromatic rings. The normalized spacial score (nSPS) is 18.9. The van der Waals surface area contributed by atoms with Gasteiger partial charge in [0.15, 0.2) is 0 Å². The molecule has 0 aliphatic heterocycles. The number of carbonyl (C=O) groups excluding carboxylic acids is 1. The summed E-state index contributed by atoms with van der Waals surface area (Å²) in [5.74, 6) is -0.342. The molecule has 0 spiro atoms. The lowest BCUT2D eigenvalue weighted by atomic mass is 9.86. The van der Waals surface area contributed by atoms with Crippen LogP contribution in [0.1, 0.15) is 33.6 Å². The maximum atomic E-state index is 10.5. The van der Waals surface area contributed by atoms with E-state index in [0.717, 1.165) is 6.42 Å². The van der Waals surface area contributed by atoms with Crippen LogP contribution in [0, 0.1) is 5.92 Å². The summed E-state index contributed by atoms with van der Waals surface area (Å²) < 4.78 is 0. The van der Waals surface area contributed by atoms with Crippen LogP contribution in [0.4, 0.5) is 0 Å². The molecule has 11 heavy (non-hydrogen) atoms. The molecule has 3 nitrogen and oxygen atoms in total. The molecule has 0 aromatic carbocycles. The van der Waals surface area contributed by atoms with E-state index in [1.807, 2.05) is 13.8 Å². The SMILES string of the molecule is CCC(C)C(C)(O)CC(N)=O. The first kappa shape index (κ1) is 10.4. The fraction of sp³-hybridized carbons (Fsp3) is 0.875. The highest BCUT2D eigenvalue weighted by molar-refractivity contribution is 5.74. The van der Waals surface area contributed by atoms with E-state index in [9.17, 15) is 9.90 Å². The molecule has 0 aromatic heterocycles. The highest BCUT2D eigenvalue weighted by Crippen LogP contribution is 2.22. The van der Waals surface area contributed by atoms with Gasteiger partial charge in [-0.3, -0.25) is 4.79 Å². The average Bonchev–Trinajstić information content (AvgIpc) is 1.83. The van der Waals surface area contributed by atoms with Crippen molar-refractivity contribution in [1.29, 1.82) is 0 Å². The molecule has 1 amide bonds. The molecule has 0 aliphatic rings. The van der Waals surface area contributed by atoms with Crippen molar-refractivity contribution in [2.45, 2.75) is 39.2 Å². The van der Waals surface area contributed by atoms with E-state index in [0.29, 0.717) is 0 Å². The summed E-state index contributed by atoms with van der Waals surface area (Å²) in [7, 11) is 0. The molecular formula is C8H17NO2. The fourth-order valence-corrected chi connectivity index (χ4v) is 0.967. The van der Waals surface area contributed by atoms with Crippen LogP contribution in [-0.2, 0) is 4.79 Å². The van der Waals surface area contributed by atoms with Crippen LogP contribution in [0.15, 0.2) is 0 Å². The van der Waals surface area contributed by atoms with Crippen molar-refractivity contribution in [1.82, 2.24) is 0 Å². The summed E-state index contributed by atoms with van der Waals surface area (Å²) in [6, 6.07) is 0. The number of carbonyl (C=O) groups is 1. The van der Waals surface area contributed by atoms with Gasteiger partial charge in [0.1, 0.15) is 0 Å². The molecule has 2 unspecified atom stereocenters. The second-order valence-corrected chi connectivity index (χ2v) is 3.31. The van der Waals surface area contributed by atoms with E-state index < -0.39 is 11.5 Å². The van der Waals surface area contributed by atoms with E-state index in [4.69, 9.17) is 5.73 Å². The Balaban J connectivity index is 4.08. The van der Waals surface area contributed by atoms with Crippen molar-refractivity contribution in [3.63, 3.8) is 0 Å². The Kier molecular flexibility index (Phi) is 3.52. The Hall–Kier alpha value is -0.570. The number of hydrogen-bond acceptors (Lipinski definition) is 2. The minimum Gasteiger partial charge on any atom is -0.389 e. The van der Waals surface area contributed by atoms with Crippen molar-refractivity contribution in [3.05, 3.63) is 0 Å². The summed E-state index contributed by atoms with van der Waals surface area (Å²) in [6.45, 7) is 5.52. The summed E-state index contributed by atoms with van der Waals surface area (Å²) in [6.07, 6.45) is 0.891. The molecule has 2 atom stereocenters. The zero-order valence-electron chi connectivity index (χ0n) is 7.42. The molecule has 3 heteroatoms. The highest BCUT2D eigenvalue weighted by atomic mass is 16.3. The quantitative estimate of drug-likeness (QED) is 0.633. The Morgan fingerprint density at radius 3 is 2.45 bits per heavy atom. The van der Waals surface area contributed by atoms with Gasteiger partial charge in [0.25, 0.3) is 0 Å². The molecule has 0 aliphatic carbocycles. The van der Waals surface area contributed by atoms with Gasteiger partial charge in [-0.15, -0.1) is 0 Å². The summed E-state index contributed by atoms with van der Waals surface area (Å²) in [4.78, 5) is 10.5. The van der Waals surface area contributed by atoms with Gasteiger partial charge < -0.3 is 10.8 Å². The van der Waals surface area contributed by atoms with Gasteiger partial charge in [-0.1, -0.05) is 20.3 Å². The zero-order chi connectivity index (χ0) is 9.07. The van der Waals surface area contributed by atoms with Crippen molar-refractivity contribution in [2.75, 3.05) is 0 Å². The van der Waals surface area contributed by atoms with Crippen molar-refractivity contribution in [3.8, 4) is 0 Å². The first-order chi connectivity index (χ1) is 4.90. The van der Waals surface area contributed by atoms with Crippen LogP contribution in [0.5, 0.6) is 0 Å². The summed E-state index contributed by atoms with van der Waals surface area (Å²) in [5.41, 5.74) is 4.03. The molecule has 0 radical (unpaired) electrons. The standard InChI is InChI=1S/C8H17NO2/c1-4-6(2)8(3,11)5-7(9)10/h6,11H,4-5H2,1-3H3,(H2,9,10). The van der Waals surface area contributed by atoms with E-state index in [2.05, 4.69) is 0 Å². The Bertz CT molecular complexity index is 143. The smallest absolute Gasteiger partial charge is 0.220 e. The van der Waals surface area contributed by atoms with Crippen LogP contribution in [0.3, 0.4) is 0 Å². The van der Waals surface area contributed by atoms with E-state index >= 15 is 0 Å². The van der Waals surface area contributed by atoms with Crippen LogP contribution < -0.4 is 5.73 Å². The van der Waals surface area contributed by atoms with E-state index in [-0.39, 0.29) is 12.3 Å². The monoisotopic (exact) mass is 159 g/mol. The third-order valence-corrected chi connectivity index (χ3v) is 2.21. The van der Waals surface area contributed by atoms with Gasteiger partial charge in [-0.2, -0.15) is 0 Å². The van der Waals surface area contributed by atoms with E-state index in [1.54, 1.807) is 6.92 Å². The fourth-order valence-electron chi connectivity index (χ4n) is 0.967. The topological polar surface area (TPSA) is 63.3 Å². The zero-order valence-corrected chi connectivity index (χ0v) is 7.42. The first-order valence-corrected chi connectivity index (χ1v) is 3.90. The minimum atomic E-state index is -0.944. The second-order valence-electron chi connectivity index (χ2n) is 3.31. The van der Waals surface area contributed by atoms with Crippen molar-refractivity contribution >= 4 is 5.91 Å². The van der Waals surface area contributed by atoms with Gasteiger partial charge in [0, 0.05) is 0 Å². The molecule has 3 N–H and O–H groups in total. The number of aliphatic hydroxyl groups is 1. The largest absolute Gasteiger partial charge is 0.389 e. The summed E-state index contributed by atoms with van der Waals surface area (Å²) in [5, 5.41) is 9.65. The van der Waals surface area contributed by atoms with Crippen LogP contribution in [0.2, 0.25) is 0 Å². The van der Waals surface area contributed by atoms with Gasteiger partial charge in [0.2, 0.25) is 5.91 Å². The van der Waals surface area contributed by atoms with Crippen molar-refractivity contribution < 1.29 is 9.90 Å². The third-order valence-electron chi connectivity index (χ3n) is 2.21. The molecule has 66 valence electrons. The van der Waals surface area contributed by atoms with Crippen LogP contribution in [-0.4, -0.2) is 16.6 Å². The predicted molar refractivity (Wildman–Crippen MR) is 43.9 cm³/mol. The molecule has 0 saturated heterocycles. The minimum absolute atomic E-state index is 0.0437. The molecule has 0 bridgehead atoms. The number of rotatable bonds is 4. The highest BCUT2D eigenvalue weighted by Gasteiger charge is 2.28. The maximum Gasteiger partial charge on any atom is 0.220 e. The van der Waals surface area contributed by atoms with Gasteiger partial charge in [0.05, 0.1) is 12.0 Å². The Morgan fingerprint density at radius 1 is 1.73 bits per heavy atom. The lowest BCUT2D eigenvalue weighted by Gasteiger charge is -2.28. The summed E-state index contributed by atoms with van der Waals surface area (Å²) >= 11 is 0. The lowest BCUT2D eigenvalue weighted by Crippen LogP contribution is -2.37. The van der Waals surface area contributed by atoms with Gasteiger partial charge in [-0.05, 0) is 12.8 Å². The second kappa shape index (κ2) is 3.72. The van der Waals surface area contributed by atoms with Gasteiger partial charge >= 0.3 is 0 Å². The Labute approximate surface area is 67.6 Å². The first-order valence-electron chi connectivity index (χ1n) is 3.90. The Morgan fingerprint density at radius 2 is 2.18 bits per heavy atom. The molecule has 0 heterocycles. The van der Waals surface area contributed by atoms with Crippen molar-refractivity contribution in [2.24, 2.45) is 11.7 Å². The third kappa shape index (κ3) is 3.37. The van der Waals surface area contributed by atoms with Crippen LogP contribution >= 0.6 is 0 Å². The van der Waals surface area contributed by atoms with E-state index in [1.165, 1.54) is 0 Å². The van der Waals surface area contributed by atoms with Crippen LogP contribution in [0.25, 0.3) is 0 Å². The lowest BCUT2D eigenvalue weighted by molar-refractivity contribution is -0.124. The van der Waals surface area contributed by atoms with Gasteiger partial charge in [-0.25, -0.2) is 0 Å². The maximum absolute atomic E-state index is 10.5.